The molecule has 0 radical (unpaired) electrons. The zero-order valence-corrected chi connectivity index (χ0v) is 11.4. The minimum atomic E-state index is -0.813. The highest BCUT2D eigenvalue weighted by molar-refractivity contribution is 6.31. The molecule has 0 spiro atoms. The maximum atomic E-state index is 11.9. The molecule has 19 heavy (non-hydrogen) atoms. The molecule has 0 N–H and O–H groups in total. The molecule has 0 bridgehead atoms. The summed E-state index contributed by atoms with van der Waals surface area (Å²) in [6.45, 7) is 3.22. The highest BCUT2D eigenvalue weighted by Gasteiger charge is 2.28. The van der Waals surface area contributed by atoms with E-state index in [-0.39, 0.29) is 34.1 Å². The second-order valence-electron chi connectivity index (χ2n) is 3.45. The van der Waals surface area contributed by atoms with Crippen LogP contribution in [0.5, 0.6) is 0 Å². The number of rotatable bonds is 3. The summed E-state index contributed by atoms with van der Waals surface area (Å²) in [7, 11) is 1.16. The van der Waals surface area contributed by atoms with Gasteiger partial charge in [0.1, 0.15) is 16.8 Å². The number of nitriles is 1. The van der Waals surface area contributed by atoms with E-state index in [1.807, 2.05) is 0 Å². The first-order chi connectivity index (χ1) is 8.97. The van der Waals surface area contributed by atoms with Gasteiger partial charge in [0.2, 0.25) is 0 Å². The summed E-state index contributed by atoms with van der Waals surface area (Å²) < 4.78 is 9.42. The van der Waals surface area contributed by atoms with Gasteiger partial charge in [-0.05, 0) is 13.8 Å². The molecule has 0 fully saturated rings. The van der Waals surface area contributed by atoms with Crippen molar-refractivity contribution in [3.05, 3.63) is 27.5 Å². The minimum absolute atomic E-state index is 0.0370. The molecule has 0 saturated heterocycles. The van der Waals surface area contributed by atoms with E-state index in [2.05, 4.69) is 9.72 Å². The first-order valence-electron chi connectivity index (χ1n) is 5.33. The van der Waals surface area contributed by atoms with Crippen molar-refractivity contribution in [3.8, 4) is 6.07 Å². The number of ether oxygens (including phenoxy) is 2. The summed E-state index contributed by atoms with van der Waals surface area (Å²) >= 11 is 5.83. The fraction of sp³-hybridized carbons (Fsp3) is 0.333. The normalized spacial score (nSPS) is 9.63. The largest absolute Gasteiger partial charge is 0.465 e. The van der Waals surface area contributed by atoms with Crippen molar-refractivity contribution in [2.24, 2.45) is 0 Å². The van der Waals surface area contributed by atoms with Gasteiger partial charge in [0.05, 0.1) is 19.3 Å². The van der Waals surface area contributed by atoms with Gasteiger partial charge in [0.15, 0.2) is 5.69 Å². The molecule has 0 atom stereocenters. The molecule has 1 aromatic rings. The standard InChI is InChI=1S/C12H11ClN2O4/c1-4-19-12(17)9-7(5-14)15-10(13)6(2)8(9)11(16)18-3/h4H2,1-3H3. The summed E-state index contributed by atoms with van der Waals surface area (Å²) in [6.07, 6.45) is 0. The van der Waals surface area contributed by atoms with Crippen molar-refractivity contribution in [1.82, 2.24) is 4.98 Å². The Bertz CT molecular complexity index is 578. The number of esters is 2. The zero-order valence-electron chi connectivity index (χ0n) is 10.6. The maximum absolute atomic E-state index is 11.9. The van der Waals surface area contributed by atoms with E-state index in [0.29, 0.717) is 0 Å². The molecule has 6 nitrogen and oxygen atoms in total. The Hall–Kier alpha value is -2.13. The molecule has 0 amide bonds. The Morgan fingerprint density at radius 3 is 2.47 bits per heavy atom. The van der Waals surface area contributed by atoms with Crippen LogP contribution in [0.4, 0.5) is 0 Å². The molecule has 0 unspecified atom stereocenters. The lowest BCUT2D eigenvalue weighted by atomic mass is 10.0. The Morgan fingerprint density at radius 2 is 2.00 bits per heavy atom. The molecule has 0 aliphatic carbocycles. The second-order valence-corrected chi connectivity index (χ2v) is 3.81. The number of carbonyl (C=O) groups is 2. The number of carbonyl (C=O) groups excluding carboxylic acids is 2. The molecule has 0 aromatic carbocycles. The SMILES string of the molecule is CCOC(=O)c1c(C#N)nc(Cl)c(C)c1C(=O)OC. The van der Waals surface area contributed by atoms with Crippen LogP contribution in [0.3, 0.4) is 0 Å². The van der Waals surface area contributed by atoms with Crippen molar-refractivity contribution in [3.63, 3.8) is 0 Å². The summed E-state index contributed by atoms with van der Waals surface area (Å²) in [6, 6.07) is 1.72. The van der Waals surface area contributed by atoms with Gasteiger partial charge < -0.3 is 9.47 Å². The topological polar surface area (TPSA) is 89.3 Å². The first-order valence-corrected chi connectivity index (χ1v) is 5.71. The third-order valence-corrected chi connectivity index (χ3v) is 2.72. The summed E-state index contributed by atoms with van der Waals surface area (Å²) in [5.41, 5.74) is -0.333. The zero-order chi connectivity index (χ0) is 14.6. The number of hydrogen-bond donors (Lipinski definition) is 0. The van der Waals surface area contributed by atoms with E-state index in [1.54, 1.807) is 13.0 Å². The van der Waals surface area contributed by atoms with Crippen LogP contribution in [-0.2, 0) is 9.47 Å². The highest BCUT2D eigenvalue weighted by Crippen LogP contribution is 2.25. The van der Waals surface area contributed by atoms with Crippen molar-refractivity contribution >= 4 is 23.5 Å². The predicted molar refractivity (Wildman–Crippen MR) is 66.0 cm³/mol. The van der Waals surface area contributed by atoms with E-state index in [9.17, 15) is 9.59 Å². The smallest absolute Gasteiger partial charge is 0.341 e. The molecule has 0 saturated carbocycles. The van der Waals surface area contributed by atoms with Gasteiger partial charge in [-0.25, -0.2) is 14.6 Å². The molecule has 0 aliphatic heterocycles. The van der Waals surface area contributed by atoms with Crippen LogP contribution in [0.25, 0.3) is 0 Å². The lowest BCUT2D eigenvalue weighted by molar-refractivity contribution is 0.0502. The average molecular weight is 283 g/mol. The van der Waals surface area contributed by atoms with Crippen LogP contribution >= 0.6 is 11.6 Å². The molecule has 1 heterocycles. The highest BCUT2D eigenvalue weighted by atomic mass is 35.5. The number of nitrogens with zero attached hydrogens (tertiary/aromatic N) is 2. The van der Waals surface area contributed by atoms with Gasteiger partial charge in [-0.15, -0.1) is 0 Å². The van der Waals surface area contributed by atoms with Gasteiger partial charge >= 0.3 is 11.9 Å². The van der Waals surface area contributed by atoms with E-state index in [0.717, 1.165) is 7.11 Å². The molecular formula is C12H11ClN2O4. The average Bonchev–Trinajstić information content (AvgIpc) is 2.40. The lowest BCUT2D eigenvalue weighted by Gasteiger charge is -2.12. The van der Waals surface area contributed by atoms with Crippen LogP contribution < -0.4 is 0 Å². The van der Waals surface area contributed by atoms with Crippen LogP contribution in [0.1, 0.15) is 38.9 Å². The molecule has 1 aromatic heterocycles. The Balaban J connectivity index is 3.65. The van der Waals surface area contributed by atoms with E-state index in [4.69, 9.17) is 21.6 Å². The number of hydrogen-bond acceptors (Lipinski definition) is 6. The Labute approximate surface area is 114 Å². The van der Waals surface area contributed by atoms with Crippen LogP contribution in [0.2, 0.25) is 5.15 Å². The lowest BCUT2D eigenvalue weighted by Crippen LogP contribution is -2.18. The van der Waals surface area contributed by atoms with E-state index in [1.165, 1.54) is 6.92 Å². The second kappa shape index (κ2) is 6.16. The molecule has 1 rings (SSSR count). The number of halogens is 1. The van der Waals surface area contributed by atoms with Gasteiger partial charge in [-0.1, -0.05) is 11.6 Å². The Kier molecular flexibility index (Phi) is 4.84. The van der Waals surface area contributed by atoms with Gasteiger partial charge in [0.25, 0.3) is 0 Å². The van der Waals surface area contributed by atoms with Crippen molar-refractivity contribution in [1.29, 1.82) is 5.26 Å². The number of pyridine rings is 1. The van der Waals surface area contributed by atoms with Crippen molar-refractivity contribution in [2.75, 3.05) is 13.7 Å². The first kappa shape index (κ1) is 14.9. The van der Waals surface area contributed by atoms with Crippen molar-refractivity contribution < 1.29 is 19.1 Å². The molecule has 0 aliphatic rings. The third kappa shape index (κ3) is 2.83. The van der Waals surface area contributed by atoms with Gasteiger partial charge in [-0.3, -0.25) is 0 Å². The van der Waals surface area contributed by atoms with Crippen molar-refractivity contribution in [2.45, 2.75) is 13.8 Å². The van der Waals surface area contributed by atoms with Crippen LogP contribution in [0.15, 0.2) is 0 Å². The summed E-state index contributed by atoms with van der Waals surface area (Å²) in [4.78, 5) is 27.4. The maximum Gasteiger partial charge on any atom is 0.341 e. The fourth-order valence-electron chi connectivity index (χ4n) is 1.49. The van der Waals surface area contributed by atoms with Crippen LogP contribution in [0, 0.1) is 18.3 Å². The quantitative estimate of drug-likeness (QED) is 0.621. The molecular weight excluding hydrogens is 272 g/mol. The van der Waals surface area contributed by atoms with Gasteiger partial charge in [0, 0.05) is 5.56 Å². The van der Waals surface area contributed by atoms with E-state index < -0.39 is 11.9 Å². The van der Waals surface area contributed by atoms with Gasteiger partial charge in [-0.2, -0.15) is 5.26 Å². The monoisotopic (exact) mass is 282 g/mol. The van der Waals surface area contributed by atoms with Crippen LogP contribution in [-0.4, -0.2) is 30.6 Å². The predicted octanol–water partition coefficient (Wildman–Crippen LogP) is 1.88. The number of aromatic nitrogens is 1. The number of methoxy groups -OCH3 is 1. The fourth-order valence-corrected chi connectivity index (χ4v) is 1.67. The molecule has 7 heteroatoms. The minimum Gasteiger partial charge on any atom is -0.465 e. The third-order valence-electron chi connectivity index (χ3n) is 2.36. The Morgan fingerprint density at radius 1 is 1.37 bits per heavy atom. The molecule has 100 valence electrons. The summed E-state index contributed by atoms with van der Waals surface area (Å²) in [5, 5.41) is 8.96. The summed E-state index contributed by atoms with van der Waals surface area (Å²) in [5.74, 6) is -1.59. The van der Waals surface area contributed by atoms with E-state index >= 15 is 0 Å².